The molecule has 0 unspecified atom stereocenters. The van der Waals surface area contributed by atoms with Crippen molar-refractivity contribution in [2.24, 2.45) is 0 Å². The summed E-state index contributed by atoms with van der Waals surface area (Å²) in [6.07, 6.45) is -0.627. The molecule has 160 valence electrons. The topological polar surface area (TPSA) is 106 Å². The third kappa shape index (κ3) is 5.36. The molecule has 9 nitrogen and oxygen atoms in total. The van der Waals surface area contributed by atoms with Crippen molar-refractivity contribution >= 4 is 34.5 Å². The fraction of sp³-hybridized carbons (Fsp3) is 0.400. The largest absolute Gasteiger partial charge is 0.463 e. The van der Waals surface area contributed by atoms with E-state index in [0.717, 1.165) is 13.7 Å². The first-order chi connectivity index (χ1) is 14.2. The zero-order valence-electron chi connectivity index (χ0n) is 16.4. The van der Waals surface area contributed by atoms with Gasteiger partial charge in [0.1, 0.15) is 25.0 Å². The Morgan fingerprint density at radius 3 is 2.63 bits per heavy atom. The zero-order chi connectivity index (χ0) is 21.8. The van der Waals surface area contributed by atoms with Gasteiger partial charge in [-0.1, -0.05) is 12.1 Å². The highest BCUT2D eigenvalue weighted by molar-refractivity contribution is 14.1. The summed E-state index contributed by atoms with van der Waals surface area (Å²) >= 11 is 2.16. The van der Waals surface area contributed by atoms with E-state index >= 15 is 0 Å². The maximum atomic E-state index is 13.0. The van der Waals surface area contributed by atoms with Gasteiger partial charge in [0.05, 0.1) is 6.54 Å². The van der Waals surface area contributed by atoms with Crippen LogP contribution in [0, 0.1) is 3.57 Å². The van der Waals surface area contributed by atoms with Crippen molar-refractivity contribution in [2.75, 3.05) is 6.61 Å². The van der Waals surface area contributed by atoms with E-state index in [0.29, 0.717) is 0 Å². The summed E-state index contributed by atoms with van der Waals surface area (Å²) < 4.78 is 19.5. The molecule has 0 N–H and O–H groups in total. The molecular weight excluding hydrogens is 507 g/mol. The molecule has 10 heteroatoms. The number of carbonyl (C=O) groups excluding carboxylic acids is 2. The minimum atomic E-state index is -0.773. The van der Waals surface area contributed by atoms with Crippen molar-refractivity contribution in [1.29, 1.82) is 0 Å². The van der Waals surface area contributed by atoms with Gasteiger partial charge in [0.25, 0.3) is 5.56 Å². The van der Waals surface area contributed by atoms with Crippen molar-refractivity contribution in [2.45, 2.75) is 45.2 Å². The van der Waals surface area contributed by atoms with Crippen molar-refractivity contribution in [3.63, 3.8) is 0 Å². The number of ether oxygens (including phenoxy) is 3. The Morgan fingerprint density at radius 2 is 1.97 bits per heavy atom. The molecule has 0 bridgehead atoms. The predicted octanol–water partition coefficient (Wildman–Crippen LogP) is 1.45. The van der Waals surface area contributed by atoms with E-state index in [2.05, 4.69) is 22.6 Å². The van der Waals surface area contributed by atoms with E-state index in [1.807, 2.05) is 24.3 Å². The first kappa shape index (κ1) is 22.2. The molecule has 3 rings (SSSR count). The van der Waals surface area contributed by atoms with Crippen molar-refractivity contribution in [3.05, 3.63) is 66.5 Å². The Hall–Kier alpha value is -2.47. The van der Waals surface area contributed by atoms with Crippen LogP contribution in [0.3, 0.4) is 0 Å². The molecule has 0 saturated carbocycles. The smallest absolute Gasteiger partial charge is 0.333 e. The lowest BCUT2D eigenvalue weighted by Crippen LogP contribution is -2.40. The van der Waals surface area contributed by atoms with Gasteiger partial charge >= 0.3 is 17.6 Å². The Kier molecular flexibility index (Phi) is 7.08. The molecule has 0 radical (unpaired) electrons. The van der Waals surface area contributed by atoms with Gasteiger partial charge in [0.15, 0.2) is 0 Å². The molecule has 1 aromatic carbocycles. The maximum absolute atomic E-state index is 13.0. The van der Waals surface area contributed by atoms with Crippen LogP contribution in [0.1, 0.15) is 32.1 Å². The first-order valence-electron chi connectivity index (χ1n) is 9.27. The maximum Gasteiger partial charge on any atom is 0.333 e. The van der Waals surface area contributed by atoms with E-state index in [-0.39, 0.29) is 19.6 Å². The fourth-order valence-corrected chi connectivity index (χ4v) is 3.88. The lowest BCUT2D eigenvalue weighted by molar-refractivity contribution is -0.155. The molecule has 2 heterocycles. The molecule has 1 aliphatic heterocycles. The van der Waals surface area contributed by atoms with Gasteiger partial charge in [-0.05, 0) is 40.3 Å². The Labute approximate surface area is 185 Å². The number of benzene rings is 1. The van der Waals surface area contributed by atoms with Gasteiger partial charge in [-0.2, -0.15) is 0 Å². The molecule has 2 aromatic rings. The van der Waals surface area contributed by atoms with E-state index in [1.54, 1.807) is 0 Å². The SMILES string of the molecule is CC(=O)OC[C@H]1O[C@@H](n2ccc(=O)n(Cc3cccc(I)c3)c2=O)C[C@@H]1OC(C)=O. The summed E-state index contributed by atoms with van der Waals surface area (Å²) in [6.45, 7) is 2.54. The highest BCUT2D eigenvalue weighted by atomic mass is 127. The number of esters is 2. The number of hydrogen-bond acceptors (Lipinski definition) is 7. The summed E-state index contributed by atoms with van der Waals surface area (Å²) in [5.74, 6) is -1.00. The van der Waals surface area contributed by atoms with Crippen LogP contribution < -0.4 is 11.2 Å². The third-order valence-electron chi connectivity index (χ3n) is 4.58. The minimum Gasteiger partial charge on any atom is -0.463 e. The van der Waals surface area contributed by atoms with Gasteiger partial charge in [-0.25, -0.2) is 4.79 Å². The number of hydrogen-bond donors (Lipinski definition) is 0. The van der Waals surface area contributed by atoms with Crippen LogP contribution in [0.4, 0.5) is 0 Å². The van der Waals surface area contributed by atoms with Crippen LogP contribution in [-0.2, 0) is 30.3 Å². The highest BCUT2D eigenvalue weighted by Gasteiger charge is 2.39. The molecule has 3 atom stereocenters. The van der Waals surface area contributed by atoms with Crippen LogP contribution in [0.2, 0.25) is 0 Å². The number of nitrogens with zero attached hydrogens (tertiary/aromatic N) is 2. The zero-order valence-corrected chi connectivity index (χ0v) is 18.6. The predicted molar refractivity (Wildman–Crippen MR) is 114 cm³/mol. The Morgan fingerprint density at radius 1 is 1.20 bits per heavy atom. The molecule has 1 saturated heterocycles. The van der Waals surface area contributed by atoms with Crippen LogP contribution >= 0.6 is 22.6 Å². The normalized spacial score (nSPS) is 20.7. The lowest BCUT2D eigenvalue weighted by Gasteiger charge is -2.18. The third-order valence-corrected chi connectivity index (χ3v) is 5.26. The van der Waals surface area contributed by atoms with Crippen LogP contribution in [-0.4, -0.2) is 39.9 Å². The van der Waals surface area contributed by atoms with E-state index < -0.39 is 41.6 Å². The molecule has 1 aromatic heterocycles. The summed E-state index contributed by atoms with van der Waals surface area (Å²) in [6, 6.07) is 8.79. The molecule has 30 heavy (non-hydrogen) atoms. The quantitative estimate of drug-likeness (QED) is 0.413. The van der Waals surface area contributed by atoms with Crippen molar-refractivity contribution in [1.82, 2.24) is 9.13 Å². The van der Waals surface area contributed by atoms with Crippen LogP contribution in [0.15, 0.2) is 46.1 Å². The average molecular weight is 528 g/mol. The summed E-state index contributed by atoms with van der Waals surface area (Å²) in [5, 5.41) is 0. The van der Waals surface area contributed by atoms with Gasteiger partial charge in [0, 0.05) is 36.1 Å². The highest BCUT2D eigenvalue weighted by Crippen LogP contribution is 2.30. The first-order valence-corrected chi connectivity index (χ1v) is 10.3. The number of aromatic nitrogens is 2. The summed E-state index contributed by atoms with van der Waals surface area (Å²) in [4.78, 5) is 47.9. The number of carbonyl (C=O) groups is 2. The van der Waals surface area contributed by atoms with E-state index in [1.165, 1.54) is 30.7 Å². The standard InChI is InChI=1S/C20H21IN2O7/c1-12(24)28-11-17-16(29-13(2)25)9-19(30-17)22-7-6-18(26)23(20(22)27)10-14-4-3-5-15(21)8-14/h3-8,16-17,19H,9-11H2,1-2H3/t16-,17+,19+/m0/s1. The van der Waals surface area contributed by atoms with Crippen molar-refractivity contribution < 1.29 is 23.8 Å². The van der Waals surface area contributed by atoms with Gasteiger partial charge in [-0.3, -0.25) is 23.5 Å². The van der Waals surface area contributed by atoms with Gasteiger partial charge in [-0.15, -0.1) is 0 Å². The van der Waals surface area contributed by atoms with Gasteiger partial charge in [0.2, 0.25) is 0 Å². The second kappa shape index (κ2) is 9.56. The summed E-state index contributed by atoms with van der Waals surface area (Å²) in [7, 11) is 0. The molecule has 0 spiro atoms. The molecular formula is C20H21IN2O7. The molecule has 1 fully saturated rings. The molecule has 1 aliphatic rings. The summed E-state index contributed by atoms with van der Waals surface area (Å²) in [5.41, 5.74) is -0.154. The van der Waals surface area contributed by atoms with Crippen LogP contribution in [0.25, 0.3) is 0 Å². The monoisotopic (exact) mass is 528 g/mol. The van der Waals surface area contributed by atoms with Crippen molar-refractivity contribution in [3.8, 4) is 0 Å². The van der Waals surface area contributed by atoms with Crippen LogP contribution in [0.5, 0.6) is 0 Å². The fourth-order valence-electron chi connectivity index (χ4n) is 3.27. The van der Waals surface area contributed by atoms with E-state index in [9.17, 15) is 19.2 Å². The number of halogens is 1. The molecule has 0 amide bonds. The number of rotatable bonds is 6. The van der Waals surface area contributed by atoms with E-state index in [4.69, 9.17) is 14.2 Å². The Bertz CT molecular complexity index is 1060. The molecule has 0 aliphatic carbocycles. The van der Waals surface area contributed by atoms with Gasteiger partial charge < -0.3 is 14.2 Å². The lowest BCUT2D eigenvalue weighted by atomic mass is 10.2. The second-order valence-corrected chi connectivity index (χ2v) is 8.12. The second-order valence-electron chi connectivity index (χ2n) is 6.88. The Balaban J connectivity index is 1.87. The average Bonchev–Trinajstić information content (AvgIpc) is 3.05. The minimum absolute atomic E-state index is 0.110.